The van der Waals surface area contributed by atoms with Crippen LogP contribution in [0.2, 0.25) is 21.4 Å². The molecule has 1 saturated heterocycles. The van der Waals surface area contributed by atoms with Gasteiger partial charge in [0, 0.05) is 0 Å². The van der Waals surface area contributed by atoms with Crippen LogP contribution in [0.25, 0.3) is 34.4 Å². The first kappa shape index (κ1) is 29.8. The second kappa shape index (κ2) is 10.7. The van der Waals surface area contributed by atoms with E-state index in [4.69, 9.17) is 0 Å². The molecule has 1 aliphatic heterocycles. The Bertz CT molecular complexity index is 1760. The number of hydrogen-bond acceptors (Lipinski definition) is 0. The van der Waals surface area contributed by atoms with E-state index < -0.39 is 28.0 Å². The van der Waals surface area contributed by atoms with Crippen LogP contribution < -0.4 is 0 Å². The molecule has 228 valence electrons. The van der Waals surface area contributed by atoms with Gasteiger partial charge in [0.15, 0.2) is 0 Å². The van der Waals surface area contributed by atoms with E-state index in [-0.39, 0.29) is 0 Å². The van der Waals surface area contributed by atoms with Crippen molar-refractivity contribution in [3.8, 4) is 22.3 Å². The van der Waals surface area contributed by atoms with Gasteiger partial charge in [-0.15, -0.1) is 0 Å². The summed E-state index contributed by atoms with van der Waals surface area (Å²) in [5.74, 6) is 0. The summed E-state index contributed by atoms with van der Waals surface area (Å²) in [5, 5.41) is 3.85. The predicted molar refractivity (Wildman–Crippen MR) is 194 cm³/mol. The van der Waals surface area contributed by atoms with Crippen LogP contribution in [0, 0.1) is 27.7 Å². The van der Waals surface area contributed by atoms with Gasteiger partial charge >= 0.3 is 279 Å². The molecule has 0 nitrogen and oxygen atoms in total. The molecule has 2 atom stereocenters. The summed E-state index contributed by atoms with van der Waals surface area (Å²) in [4.78, 5) is 0. The van der Waals surface area contributed by atoms with Crippen LogP contribution in [0.5, 0.6) is 0 Å². The van der Waals surface area contributed by atoms with E-state index in [1.807, 2.05) is 10.4 Å². The minimum atomic E-state index is -3.09. The van der Waals surface area contributed by atoms with Crippen LogP contribution in [-0.4, -0.2) is 8.07 Å². The Balaban J connectivity index is 1.37. The maximum absolute atomic E-state index is 3.09. The van der Waals surface area contributed by atoms with Gasteiger partial charge in [-0.3, -0.25) is 0 Å². The molecule has 8 rings (SSSR count). The zero-order valence-electron chi connectivity index (χ0n) is 28.4. The molecule has 0 aromatic heterocycles. The van der Waals surface area contributed by atoms with Gasteiger partial charge in [0.1, 0.15) is 0 Å². The van der Waals surface area contributed by atoms with Crippen molar-refractivity contribution in [3.63, 3.8) is 0 Å². The third-order valence-corrected chi connectivity index (χ3v) is 35.0. The molecular formula is C43H48HfSi. The molecule has 2 heteroatoms. The zero-order valence-corrected chi connectivity index (χ0v) is 32.9. The SMILES string of the molecule is Cc1cc(C)cc(-c2cccc3c2C=C2[CH]3[Hf]([CH3])([CH3])[CH]3C(=Cc4c(-c5cc(C)cc(C)c5)cccc43)[Si]2(C)C2CCCCC2)c1. The van der Waals surface area contributed by atoms with E-state index in [0.29, 0.717) is 7.35 Å². The molecule has 4 aromatic rings. The van der Waals surface area contributed by atoms with Gasteiger partial charge in [-0.25, -0.2) is 0 Å². The van der Waals surface area contributed by atoms with Gasteiger partial charge in [0.05, 0.1) is 0 Å². The summed E-state index contributed by atoms with van der Waals surface area (Å²) in [5.41, 5.74) is 18.5. The Morgan fingerprint density at radius 3 is 1.42 bits per heavy atom. The van der Waals surface area contributed by atoms with E-state index in [1.54, 1.807) is 22.3 Å². The van der Waals surface area contributed by atoms with Crippen molar-refractivity contribution in [2.24, 2.45) is 0 Å². The number of fused-ring (bicyclic) bond motifs is 6. The van der Waals surface area contributed by atoms with Gasteiger partial charge in [0.2, 0.25) is 0 Å². The average Bonchev–Trinajstić information content (AvgIpc) is 3.61. The zero-order chi connectivity index (χ0) is 31.2. The van der Waals surface area contributed by atoms with Crippen LogP contribution in [-0.2, 0) is 20.0 Å². The van der Waals surface area contributed by atoms with E-state index in [1.165, 1.54) is 76.6 Å². The van der Waals surface area contributed by atoms with Crippen molar-refractivity contribution in [3.05, 3.63) is 128 Å². The minimum absolute atomic E-state index is 0.690. The van der Waals surface area contributed by atoms with Crippen molar-refractivity contribution >= 4 is 20.2 Å². The Morgan fingerprint density at radius 1 is 0.578 bits per heavy atom. The molecule has 2 unspecified atom stereocenters. The van der Waals surface area contributed by atoms with Crippen molar-refractivity contribution in [1.29, 1.82) is 0 Å². The second-order valence-electron chi connectivity index (χ2n) is 15.8. The van der Waals surface area contributed by atoms with Crippen molar-refractivity contribution in [2.75, 3.05) is 0 Å². The third kappa shape index (κ3) is 4.52. The first-order chi connectivity index (χ1) is 21.6. The third-order valence-electron chi connectivity index (χ3n) is 12.3. The second-order valence-corrected chi connectivity index (χ2v) is 37.4. The summed E-state index contributed by atoms with van der Waals surface area (Å²) in [7, 11) is -1.99. The molecule has 0 spiro atoms. The Morgan fingerprint density at radius 2 is 1.00 bits per heavy atom. The van der Waals surface area contributed by atoms with Crippen LogP contribution >= 0.6 is 0 Å². The van der Waals surface area contributed by atoms with Gasteiger partial charge in [-0.1, -0.05) is 0 Å². The predicted octanol–water partition coefficient (Wildman–Crippen LogP) is 12.6. The summed E-state index contributed by atoms with van der Waals surface area (Å²) in [6.07, 6.45) is 12.7. The van der Waals surface area contributed by atoms with Crippen LogP contribution in [0.4, 0.5) is 0 Å². The Labute approximate surface area is 277 Å². The fourth-order valence-electron chi connectivity index (χ4n) is 10.6. The van der Waals surface area contributed by atoms with E-state index >= 15 is 0 Å². The molecule has 45 heavy (non-hydrogen) atoms. The fourth-order valence-corrected chi connectivity index (χ4v) is 43.5. The van der Waals surface area contributed by atoms with E-state index in [0.717, 1.165) is 5.54 Å². The van der Waals surface area contributed by atoms with Crippen molar-refractivity contribution in [1.82, 2.24) is 0 Å². The van der Waals surface area contributed by atoms with Gasteiger partial charge in [-0.05, 0) is 0 Å². The molecule has 4 aliphatic rings. The molecule has 0 amide bonds. The first-order valence-corrected chi connectivity index (χ1v) is 31.4. The Kier molecular flexibility index (Phi) is 7.12. The molecule has 3 aliphatic carbocycles. The molecule has 2 fully saturated rings. The normalized spacial score (nSPS) is 24.8. The number of aryl methyl sites for hydroxylation is 4. The standard InChI is InChI=1S/C41H42Si.2CH3.Hf/c1-27-17-28(2)20-33(19-27)38-15-9-11-31-23-36(25-40(31)38)42(5,35-13-7-6-8-14-35)37-24-32-12-10-16-39(41(32)26-37)34-21-29(3)18-30(4)22-34;;;/h9-12,15-26,35H,6-8,13-14H2,1-5H3;2*1H3;. The molecule has 1 heterocycles. The molecule has 0 radical (unpaired) electrons. The quantitative estimate of drug-likeness (QED) is 0.182. The van der Waals surface area contributed by atoms with Crippen molar-refractivity contribution < 1.29 is 20.0 Å². The molecule has 0 bridgehead atoms. The molecule has 4 aromatic carbocycles. The van der Waals surface area contributed by atoms with Gasteiger partial charge < -0.3 is 0 Å². The summed E-state index contributed by atoms with van der Waals surface area (Å²) in [6, 6.07) is 29.0. The number of benzene rings is 4. The van der Waals surface area contributed by atoms with Gasteiger partial charge in [-0.2, -0.15) is 0 Å². The van der Waals surface area contributed by atoms with E-state index in [9.17, 15) is 0 Å². The summed E-state index contributed by atoms with van der Waals surface area (Å²) in [6.45, 7) is 11.9. The average molecular weight is 771 g/mol. The van der Waals surface area contributed by atoms with Crippen LogP contribution in [0.3, 0.4) is 0 Å². The number of hydrogen-bond donors (Lipinski definition) is 0. The topological polar surface area (TPSA) is 0 Å². The molecule has 1 saturated carbocycles. The van der Waals surface area contributed by atoms with Crippen molar-refractivity contribution in [2.45, 2.75) is 88.6 Å². The maximum atomic E-state index is 2.84. The molecular weight excluding hydrogens is 723 g/mol. The summed E-state index contributed by atoms with van der Waals surface area (Å²) >= 11 is -3.09. The van der Waals surface area contributed by atoms with Crippen LogP contribution in [0.15, 0.2) is 83.2 Å². The molecule has 0 N–H and O–H groups in total. The van der Waals surface area contributed by atoms with E-state index in [2.05, 4.69) is 129 Å². The number of allylic oxidation sites excluding steroid dienone is 2. The van der Waals surface area contributed by atoms with Crippen LogP contribution in [0.1, 0.15) is 84.0 Å². The van der Waals surface area contributed by atoms with Gasteiger partial charge in [0.25, 0.3) is 0 Å². The Hall–Kier alpha value is -2.55. The number of rotatable bonds is 3. The summed E-state index contributed by atoms with van der Waals surface area (Å²) < 4.78 is 7.04. The monoisotopic (exact) mass is 772 g/mol. The first-order valence-electron chi connectivity index (χ1n) is 17.4. The fraction of sp³-hybridized carbons (Fsp3) is 0.349.